The summed E-state index contributed by atoms with van der Waals surface area (Å²) in [6.45, 7) is 3.79. The van der Waals surface area contributed by atoms with Crippen LogP contribution in [0, 0.1) is 15.6 Å². The first-order valence-corrected chi connectivity index (χ1v) is 3.66. The van der Waals surface area contributed by atoms with E-state index in [2.05, 4.69) is 4.74 Å². The van der Waals surface area contributed by atoms with Crippen LogP contribution in [-0.4, -0.2) is 18.9 Å². The summed E-state index contributed by atoms with van der Waals surface area (Å²) in [5.74, 6) is -0.591. The van der Waals surface area contributed by atoms with Crippen molar-refractivity contribution in [1.29, 1.82) is 0 Å². The predicted molar refractivity (Wildman–Crippen MR) is 43.2 cm³/mol. The normalized spacial score (nSPS) is 10.3. The van der Waals surface area contributed by atoms with Crippen LogP contribution in [0.5, 0.6) is 0 Å². The molecule has 1 atom stereocenters. The summed E-state index contributed by atoms with van der Waals surface area (Å²) in [6.07, 6.45) is 0.973. The summed E-state index contributed by atoms with van der Waals surface area (Å²) >= 11 is 0. The second-order valence-electron chi connectivity index (χ2n) is 2.12. The second-order valence-corrected chi connectivity index (χ2v) is 2.12. The Morgan fingerprint density at radius 3 is 2.46 bits per heavy atom. The van der Waals surface area contributed by atoms with Crippen LogP contribution in [0.2, 0.25) is 0 Å². The van der Waals surface area contributed by atoms with Gasteiger partial charge in [0.15, 0.2) is 4.75 Å². The van der Waals surface area contributed by atoms with E-state index in [9.17, 15) is 9.59 Å². The summed E-state index contributed by atoms with van der Waals surface area (Å²) in [6, 6.07) is 0. The molecule has 0 aliphatic heterocycles. The molecular weight excluding hydrogens is 180 g/mol. The number of ether oxygens (including phenoxy) is 1. The monoisotopic (exact) mass is 192 g/mol. The van der Waals surface area contributed by atoms with Crippen molar-refractivity contribution in [2.45, 2.75) is 20.3 Å². The van der Waals surface area contributed by atoms with Crippen LogP contribution < -0.4 is 5.26 Å². The minimum absolute atomic E-state index is 0.249. The van der Waals surface area contributed by atoms with Gasteiger partial charge >= 0.3 is 5.97 Å². The Balaban J connectivity index is 0. The number of hydrogen-bond donors (Lipinski definition) is 0. The highest BCUT2D eigenvalue weighted by molar-refractivity contribution is 5.74. The van der Waals surface area contributed by atoms with E-state index in [0.717, 1.165) is 6.29 Å². The molecule has 0 saturated carbocycles. The average molecular weight is 192 g/mol. The highest BCUT2D eigenvalue weighted by Crippen LogP contribution is 2.01. The number of rotatable bonds is 4. The average Bonchev–Trinajstić information content (AvgIpc) is 2.06. The van der Waals surface area contributed by atoms with Crippen LogP contribution in [0.25, 0.3) is 0 Å². The first-order chi connectivity index (χ1) is 6.13. The highest BCUT2D eigenvalue weighted by Gasteiger charge is 2.11. The van der Waals surface area contributed by atoms with Crippen LogP contribution in [-0.2, 0) is 14.3 Å². The molecule has 0 saturated heterocycles. The molecular formula is C7H12O6. The van der Waals surface area contributed by atoms with Gasteiger partial charge in [0.25, 0.3) is 0 Å². The molecule has 76 valence electrons. The van der Waals surface area contributed by atoms with Gasteiger partial charge in [-0.05, 0) is 6.92 Å². The molecule has 1 unspecified atom stereocenters. The van der Waals surface area contributed by atoms with Crippen molar-refractivity contribution in [3.8, 4) is 0 Å². The van der Waals surface area contributed by atoms with E-state index in [-0.39, 0.29) is 18.3 Å². The van der Waals surface area contributed by atoms with Gasteiger partial charge in [-0.1, -0.05) is 17.1 Å². The van der Waals surface area contributed by atoms with Gasteiger partial charge in [0.2, 0.25) is 0 Å². The fraction of sp³-hybridized carbons (Fsp3) is 0.714. The quantitative estimate of drug-likeness (QED) is 0.199. The van der Waals surface area contributed by atoms with E-state index < -0.39 is 0 Å². The van der Waals surface area contributed by atoms with Crippen molar-refractivity contribution >= 4 is 12.3 Å². The van der Waals surface area contributed by atoms with E-state index >= 15 is 0 Å². The summed E-state index contributed by atoms with van der Waals surface area (Å²) in [4.78, 5) is 28.5. The first-order valence-electron chi connectivity index (χ1n) is 3.66. The van der Waals surface area contributed by atoms with Crippen LogP contribution in [0.15, 0.2) is 0 Å². The summed E-state index contributed by atoms with van der Waals surface area (Å²) in [5.41, 5.74) is 0. The van der Waals surface area contributed by atoms with Crippen LogP contribution in [0.1, 0.15) is 20.3 Å². The van der Waals surface area contributed by atoms with Crippen LogP contribution >= 0.6 is 0 Å². The predicted octanol–water partition coefficient (Wildman–Crippen LogP) is -0.347. The molecule has 0 aromatic rings. The van der Waals surface area contributed by atoms with Crippen molar-refractivity contribution in [2.24, 2.45) is 5.92 Å². The van der Waals surface area contributed by atoms with Crippen LogP contribution in [0.4, 0.5) is 0 Å². The SMILES string of the molecule is CCOC(=O)C(C)CC=O.O=[O+][O-]. The minimum Gasteiger partial charge on any atom is -0.466 e. The molecule has 6 heteroatoms. The van der Waals surface area contributed by atoms with Crippen molar-refractivity contribution in [2.75, 3.05) is 6.61 Å². The molecule has 0 aliphatic rings. The maximum atomic E-state index is 10.8. The third kappa shape index (κ3) is 10.5. The Hall–Kier alpha value is -1.46. The fourth-order valence-electron chi connectivity index (χ4n) is 0.525. The Kier molecular flexibility index (Phi) is 11.4. The Morgan fingerprint density at radius 2 is 2.15 bits per heavy atom. The maximum Gasteiger partial charge on any atom is 0.309 e. The second kappa shape index (κ2) is 10.5. The Labute approximate surface area is 75.3 Å². The van der Waals surface area contributed by atoms with Crippen molar-refractivity contribution in [3.05, 3.63) is 9.71 Å². The molecule has 0 aromatic heterocycles. The van der Waals surface area contributed by atoms with Crippen molar-refractivity contribution < 1.29 is 19.6 Å². The van der Waals surface area contributed by atoms with Gasteiger partial charge in [0.1, 0.15) is 6.29 Å². The fourth-order valence-corrected chi connectivity index (χ4v) is 0.525. The van der Waals surface area contributed by atoms with Crippen LogP contribution in [0.3, 0.4) is 0 Å². The number of esters is 1. The zero-order valence-corrected chi connectivity index (χ0v) is 7.52. The third-order valence-electron chi connectivity index (χ3n) is 1.14. The highest BCUT2D eigenvalue weighted by atomic mass is 17.2. The van der Waals surface area contributed by atoms with Gasteiger partial charge in [-0.2, -0.15) is 0 Å². The molecule has 0 radical (unpaired) electrons. The van der Waals surface area contributed by atoms with Gasteiger partial charge in [-0.3, -0.25) is 4.79 Å². The zero-order valence-electron chi connectivity index (χ0n) is 7.52. The molecule has 0 amide bonds. The first kappa shape index (κ1) is 14.1. The van der Waals surface area contributed by atoms with E-state index in [1.54, 1.807) is 18.6 Å². The molecule has 0 heterocycles. The van der Waals surface area contributed by atoms with Gasteiger partial charge in [0, 0.05) is 6.42 Å². The molecule has 0 rings (SSSR count). The van der Waals surface area contributed by atoms with E-state index in [1.807, 2.05) is 0 Å². The number of aldehydes is 1. The Morgan fingerprint density at radius 1 is 1.69 bits per heavy atom. The number of carbonyl (C=O) groups excluding carboxylic acids is 2. The van der Waals surface area contributed by atoms with Crippen molar-refractivity contribution in [1.82, 2.24) is 0 Å². The topological polar surface area (TPSA) is 94.8 Å². The molecule has 0 aliphatic carbocycles. The molecule has 13 heavy (non-hydrogen) atoms. The van der Waals surface area contributed by atoms with Gasteiger partial charge < -0.3 is 9.53 Å². The molecule has 0 aromatic carbocycles. The molecule has 0 fully saturated rings. The lowest BCUT2D eigenvalue weighted by Crippen LogP contribution is -2.14. The largest absolute Gasteiger partial charge is 0.466 e. The number of carbonyl (C=O) groups is 2. The van der Waals surface area contributed by atoms with Gasteiger partial charge in [-0.15, -0.1) is 0 Å². The Bertz CT molecular complexity index is 155. The maximum absolute atomic E-state index is 10.8. The lowest BCUT2D eigenvalue weighted by atomic mass is 10.1. The molecule has 0 spiro atoms. The summed E-state index contributed by atoms with van der Waals surface area (Å²) in [5, 5.41) is 7.88. The molecule has 0 N–H and O–H groups in total. The summed E-state index contributed by atoms with van der Waals surface area (Å²) < 4.78 is 6.41. The van der Waals surface area contributed by atoms with E-state index in [1.165, 1.54) is 0 Å². The van der Waals surface area contributed by atoms with E-state index in [4.69, 9.17) is 10.2 Å². The lowest BCUT2D eigenvalue weighted by molar-refractivity contribution is -0.284. The standard InChI is InChI=1S/C7H12O3.O3/c1-3-10-7(9)6(2)4-5-8;1-3-2/h5-6H,3-4H2,1-2H3;. The smallest absolute Gasteiger partial charge is 0.309 e. The molecule has 6 nitrogen and oxygen atoms in total. The van der Waals surface area contributed by atoms with E-state index in [0.29, 0.717) is 6.61 Å². The number of hydrogen-bond acceptors (Lipinski definition) is 5. The minimum atomic E-state index is -0.297. The third-order valence-corrected chi connectivity index (χ3v) is 1.14. The zero-order chi connectivity index (χ0) is 10.7. The van der Waals surface area contributed by atoms with Gasteiger partial charge in [0.05, 0.1) is 12.5 Å². The summed E-state index contributed by atoms with van der Waals surface area (Å²) in [7, 11) is 0. The van der Waals surface area contributed by atoms with Crippen molar-refractivity contribution in [3.63, 3.8) is 0 Å². The van der Waals surface area contributed by atoms with Gasteiger partial charge in [-0.25, -0.2) is 0 Å². The lowest BCUT2D eigenvalue weighted by Gasteiger charge is -2.05. The molecule has 0 bridgehead atoms.